The van der Waals surface area contributed by atoms with Gasteiger partial charge in [-0.2, -0.15) is 4.99 Å². The maximum atomic E-state index is 4.71. The van der Waals surface area contributed by atoms with Gasteiger partial charge in [0, 0.05) is 19.5 Å². The summed E-state index contributed by atoms with van der Waals surface area (Å²) in [6, 6.07) is 12.3. The van der Waals surface area contributed by atoms with E-state index < -0.39 is 0 Å². The molecule has 0 N–H and O–H groups in total. The van der Waals surface area contributed by atoms with Gasteiger partial charge in [0.25, 0.3) is 0 Å². The first kappa shape index (κ1) is 10.8. The highest BCUT2D eigenvalue weighted by Gasteiger charge is 2.07. The van der Waals surface area contributed by atoms with E-state index in [9.17, 15) is 0 Å². The van der Waals surface area contributed by atoms with Gasteiger partial charge in [0.2, 0.25) is 0 Å². The Kier molecular flexibility index (Phi) is 3.00. The molecule has 0 bridgehead atoms. The minimum absolute atomic E-state index is 0.887. The Morgan fingerprint density at radius 1 is 1.12 bits per heavy atom. The topological polar surface area (TPSA) is 15.6 Å². The molecule has 0 saturated carbocycles. The normalized spacial score (nSPS) is 9.88. The first-order chi connectivity index (χ1) is 7.74. The highest BCUT2D eigenvalue weighted by atomic mass is 32.1. The van der Waals surface area contributed by atoms with Crippen molar-refractivity contribution in [2.75, 3.05) is 19.0 Å². The third-order valence-corrected chi connectivity index (χ3v) is 2.61. The molecule has 16 heavy (non-hydrogen) atoms. The summed E-state index contributed by atoms with van der Waals surface area (Å²) in [5.74, 6) is 0. The van der Waals surface area contributed by atoms with Gasteiger partial charge in [0.05, 0.1) is 10.8 Å². The highest BCUT2D eigenvalue weighted by molar-refractivity contribution is 7.78. The van der Waals surface area contributed by atoms with Crippen LogP contribution in [-0.2, 0) is 0 Å². The first-order valence-electron chi connectivity index (χ1n) is 5.01. The van der Waals surface area contributed by atoms with Crippen molar-refractivity contribution in [3.8, 4) is 0 Å². The maximum Gasteiger partial charge on any atom is 0.105 e. The van der Waals surface area contributed by atoms with Gasteiger partial charge in [-0.05, 0) is 23.7 Å². The van der Waals surface area contributed by atoms with Crippen LogP contribution in [-0.4, -0.2) is 19.3 Å². The number of fused-ring (bicyclic) bond motifs is 1. The second-order valence-electron chi connectivity index (χ2n) is 3.75. The Bertz CT molecular complexity index is 569. The van der Waals surface area contributed by atoms with Gasteiger partial charge in [0.1, 0.15) is 5.69 Å². The molecule has 3 heteroatoms. The fourth-order valence-electron chi connectivity index (χ4n) is 1.77. The third-order valence-electron chi connectivity index (χ3n) is 2.52. The van der Waals surface area contributed by atoms with Gasteiger partial charge in [-0.15, -0.1) is 0 Å². The van der Waals surface area contributed by atoms with Crippen molar-refractivity contribution in [2.24, 2.45) is 4.99 Å². The Morgan fingerprint density at radius 2 is 1.88 bits per heavy atom. The fraction of sp³-hybridized carbons (Fsp3) is 0.154. The lowest BCUT2D eigenvalue weighted by Crippen LogP contribution is -2.08. The molecule has 0 spiro atoms. The van der Waals surface area contributed by atoms with E-state index in [2.05, 4.69) is 22.3 Å². The maximum absolute atomic E-state index is 4.71. The van der Waals surface area contributed by atoms with Crippen molar-refractivity contribution in [1.29, 1.82) is 0 Å². The zero-order chi connectivity index (χ0) is 11.5. The van der Waals surface area contributed by atoms with Crippen molar-refractivity contribution in [2.45, 2.75) is 0 Å². The monoisotopic (exact) mass is 228 g/mol. The third kappa shape index (κ3) is 1.83. The van der Waals surface area contributed by atoms with Crippen LogP contribution in [0, 0.1) is 0 Å². The molecule has 0 saturated heterocycles. The molecule has 2 nitrogen and oxygen atoms in total. The van der Waals surface area contributed by atoms with E-state index in [1.54, 1.807) is 0 Å². The van der Waals surface area contributed by atoms with Gasteiger partial charge >= 0.3 is 0 Å². The number of thiocarbonyl (C=S) groups is 1. The molecule has 0 atom stereocenters. The van der Waals surface area contributed by atoms with Crippen molar-refractivity contribution in [3.63, 3.8) is 0 Å². The molecule has 0 heterocycles. The zero-order valence-corrected chi connectivity index (χ0v) is 10.1. The van der Waals surface area contributed by atoms with Gasteiger partial charge in [-0.25, -0.2) is 0 Å². The van der Waals surface area contributed by atoms with E-state index in [1.165, 1.54) is 0 Å². The number of aliphatic imine (C=N–C) groups is 1. The molecule has 0 fully saturated rings. The van der Waals surface area contributed by atoms with Crippen LogP contribution < -0.4 is 4.90 Å². The summed E-state index contributed by atoms with van der Waals surface area (Å²) in [5, 5.41) is 4.72. The minimum Gasteiger partial charge on any atom is -0.376 e. The molecular formula is C13H12N2S. The largest absolute Gasteiger partial charge is 0.376 e. The quantitative estimate of drug-likeness (QED) is 0.576. The minimum atomic E-state index is 0.887. The average Bonchev–Trinajstić information content (AvgIpc) is 2.29. The molecule has 0 unspecified atom stereocenters. The van der Waals surface area contributed by atoms with Crippen LogP contribution in [0.4, 0.5) is 11.4 Å². The number of nitrogens with zero attached hydrogens (tertiary/aromatic N) is 2. The van der Waals surface area contributed by atoms with Crippen LogP contribution in [0.5, 0.6) is 0 Å². The van der Waals surface area contributed by atoms with E-state index in [-0.39, 0.29) is 0 Å². The average molecular weight is 228 g/mol. The van der Waals surface area contributed by atoms with E-state index in [1.807, 2.05) is 43.3 Å². The van der Waals surface area contributed by atoms with Gasteiger partial charge in [0.15, 0.2) is 0 Å². The van der Waals surface area contributed by atoms with Crippen molar-refractivity contribution in [3.05, 3.63) is 36.4 Å². The number of isothiocyanates is 1. The Balaban J connectivity index is 2.84. The summed E-state index contributed by atoms with van der Waals surface area (Å²) in [5.41, 5.74) is 1.94. The molecule has 0 amide bonds. The van der Waals surface area contributed by atoms with Crippen molar-refractivity contribution < 1.29 is 0 Å². The fourth-order valence-corrected chi connectivity index (χ4v) is 1.86. The summed E-state index contributed by atoms with van der Waals surface area (Å²) in [6.07, 6.45) is 0. The molecule has 2 aromatic rings. The van der Waals surface area contributed by atoms with E-state index >= 15 is 0 Å². The lowest BCUT2D eigenvalue weighted by molar-refractivity contribution is 1.13. The lowest BCUT2D eigenvalue weighted by atomic mass is 10.1. The van der Waals surface area contributed by atoms with Crippen LogP contribution in [0.2, 0.25) is 0 Å². The SMILES string of the molecule is CN(C)c1ccc2ccccc2c1N=C=S. The van der Waals surface area contributed by atoms with E-state index in [4.69, 9.17) is 12.2 Å². The molecule has 0 aliphatic heterocycles. The number of rotatable bonds is 2. The number of anilines is 1. The highest BCUT2D eigenvalue weighted by Crippen LogP contribution is 2.35. The molecule has 2 rings (SSSR count). The van der Waals surface area contributed by atoms with Crippen LogP contribution in [0.25, 0.3) is 10.8 Å². The molecule has 0 aromatic heterocycles. The van der Waals surface area contributed by atoms with Crippen LogP contribution >= 0.6 is 12.2 Å². The summed E-state index contributed by atoms with van der Waals surface area (Å²) < 4.78 is 0. The van der Waals surface area contributed by atoms with Crippen LogP contribution in [0.1, 0.15) is 0 Å². The predicted molar refractivity (Wildman–Crippen MR) is 73.0 cm³/mol. The molecule has 0 radical (unpaired) electrons. The van der Waals surface area contributed by atoms with Crippen LogP contribution in [0.15, 0.2) is 41.4 Å². The van der Waals surface area contributed by atoms with Crippen molar-refractivity contribution in [1.82, 2.24) is 0 Å². The van der Waals surface area contributed by atoms with Gasteiger partial charge in [-0.3, -0.25) is 0 Å². The molecule has 80 valence electrons. The second kappa shape index (κ2) is 4.44. The summed E-state index contributed by atoms with van der Waals surface area (Å²) in [7, 11) is 3.99. The van der Waals surface area contributed by atoms with Gasteiger partial charge < -0.3 is 4.90 Å². The Hall–Kier alpha value is -1.70. The summed E-state index contributed by atoms with van der Waals surface area (Å²) >= 11 is 4.71. The second-order valence-corrected chi connectivity index (χ2v) is 3.93. The zero-order valence-electron chi connectivity index (χ0n) is 9.27. The Labute approximate surface area is 100 Å². The summed E-state index contributed by atoms with van der Waals surface area (Å²) in [6.45, 7) is 0. The first-order valence-corrected chi connectivity index (χ1v) is 5.42. The number of hydrogen-bond donors (Lipinski definition) is 0. The Morgan fingerprint density at radius 3 is 2.56 bits per heavy atom. The molecular weight excluding hydrogens is 216 g/mol. The smallest absolute Gasteiger partial charge is 0.105 e. The molecule has 0 aliphatic rings. The molecule has 2 aromatic carbocycles. The van der Waals surface area contributed by atoms with E-state index in [0.29, 0.717) is 0 Å². The van der Waals surface area contributed by atoms with Crippen molar-refractivity contribution >= 4 is 39.5 Å². The van der Waals surface area contributed by atoms with Gasteiger partial charge in [-0.1, -0.05) is 30.3 Å². The van der Waals surface area contributed by atoms with Crippen LogP contribution in [0.3, 0.4) is 0 Å². The number of benzene rings is 2. The molecule has 0 aliphatic carbocycles. The predicted octanol–water partition coefficient (Wildman–Crippen LogP) is 3.64. The lowest BCUT2D eigenvalue weighted by Gasteiger charge is -2.16. The number of hydrogen-bond acceptors (Lipinski definition) is 3. The standard InChI is InChI=1S/C13H12N2S/c1-15(2)12-8-7-10-5-3-4-6-11(10)13(12)14-9-16/h3-8H,1-2H3. The van der Waals surface area contributed by atoms with E-state index in [0.717, 1.165) is 22.1 Å². The summed E-state index contributed by atoms with van der Waals surface area (Å²) in [4.78, 5) is 6.20.